The average Bonchev–Trinajstić information content (AvgIpc) is 3.14. The molecule has 2 atom stereocenters. The van der Waals surface area contributed by atoms with Crippen molar-refractivity contribution in [1.29, 1.82) is 5.26 Å². The van der Waals surface area contributed by atoms with Gasteiger partial charge in [-0.2, -0.15) is 18.4 Å². The fourth-order valence-corrected chi connectivity index (χ4v) is 3.66. The molecule has 1 aliphatic rings. The van der Waals surface area contributed by atoms with Gasteiger partial charge in [0.1, 0.15) is 6.33 Å². The van der Waals surface area contributed by atoms with Crippen LogP contribution in [0.3, 0.4) is 0 Å². The van der Waals surface area contributed by atoms with Crippen molar-refractivity contribution in [1.82, 2.24) is 9.55 Å². The third kappa shape index (κ3) is 4.91. The van der Waals surface area contributed by atoms with Gasteiger partial charge in [0, 0.05) is 18.0 Å². The number of amides is 1. The third-order valence-corrected chi connectivity index (χ3v) is 5.12. The zero-order chi connectivity index (χ0) is 20.1. The van der Waals surface area contributed by atoms with E-state index in [1.165, 1.54) is 23.2 Å². The van der Waals surface area contributed by atoms with Crippen molar-refractivity contribution in [3.8, 4) is 11.8 Å². The molecule has 1 aromatic carbocycles. The van der Waals surface area contributed by atoms with Crippen molar-refractivity contribution in [3.63, 3.8) is 0 Å². The molecule has 0 saturated heterocycles. The highest BCUT2D eigenvalue weighted by atomic mass is 19.4. The van der Waals surface area contributed by atoms with Gasteiger partial charge in [-0.05, 0) is 43.4 Å². The number of nitrogens with zero attached hydrogens (tertiary/aromatic N) is 3. The van der Waals surface area contributed by atoms with Crippen LogP contribution in [0, 0.1) is 23.2 Å². The van der Waals surface area contributed by atoms with E-state index in [2.05, 4.69) is 16.4 Å². The Hall–Kier alpha value is -2.82. The van der Waals surface area contributed by atoms with Crippen LogP contribution in [-0.4, -0.2) is 15.5 Å². The van der Waals surface area contributed by atoms with Gasteiger partial charge in [0.2, 0.25) is 5.91 Å². The number of rotatable bonds is 5. The van der Waals surface area contributed by atoms with Crippen molar-refractivity contribution < 1.29 is 18.0 Å². The maximum Gasteiger partial charge on any atom is 0.416 e. The maximum atomic E-state index is 12.9. The second-order valence-corrected chi connectivity index (χ2v) is 7.13. The van der Waals surface area contributed by atoms with E-state index >= 15 is 0 Å². The summed E-state index contributed by atoms with van der Waals surface area (Å²) in [5, 5.41) is 11.5. The molecule has 1 saturated carbocycles. The summed E-state index contributed by atoms with van der Waals surface area (Å²) in [5.74, 6) is 0.431. The number of halogens is 3. The first-order valence-corrected chi connectivity index (χ1v) is 9.26. The molecule has 1 heterocycles. The van der Waals surface area contributed by atoms with Crippen molar-refractivity contribution in [2.24, 2.45) is 11.8 Å². The number of alkyl halides is 3. The number of nitriles is 1. The monoisotopic (exact) mass is 390 g/mol. The van der Waals surface area contributed by atoms with Gasteiger partial charge in [-0.15, -0.1) is 0 Å². The van der Waals surface area contributed by atoms with E-state index in [-0.39, 0.29) is 11.8 Å². The molecule has 148 valence electrons. The van der Waals surface area contributed by atoms with Gasteiger partial charge in [-0.3, -0.25) is 4.79 Å². The van der Waals surface area contributed by atoms with E-state index in [0.717, 1.165) is 44.2 Å². The highest BCUT2D eigenvalue weighted by molar-refractivity contribution is 5.91. The summed E-state index contributed by atoms with van der Waals surface area (Å²) < 4.78 is 40.1. The molecule has 0 aliphatic heterocycles. The summed E-state index contributed by atoms with van der Waals surface area (Å²) in [4.78, 5) is 16.6. The third-order valence-electron chi connectivity index (χ3n) is 5.12. The summed E-state index contributed by atoms with van der Waals surface area (Å²) in [6.07, 6.45) is 3.31. The average molecular weight is 390 g/mol. The number of aromatic nitrogens is 2. The Labute approximate surface area is 161 Å². The first kappa shape index (κ1) is 19.9. The lowest BCUT2D eigenvalue weighted by molar-refractivity contribution is -0.137. The Morgan fingerprint density at radius 3 is 2.93 bits per heavy atom. The Kier molecular flexibility index (Phi) is 6.02. The van der Waals surface area contributed by atoms with Crippen LogP contribution >= 0.6 is 0 Å². The molecule has 1 N–H and O–H groups in total. The van der Waals surface area contributed by atoms with Crippen LogP contribution in [0.2, 0.25) is 0 Å². The van der Waals surface area contributed by atoms with Crippen LogP contribution in [0.25, 0.3) is 5.69 Å². The van der Waals surface area contributed by atoms with Gasteiger partial charge in [0.05, 0.1) is 17.8 Å². The largest absolute Gasteiger partial charge is 0.416 e. The fraction of sp³-hybridized carbons (Fsp3) is 0.450. The van der Waals surface area contributed by atoms with Crippen LogP contribution < -0.4 is 5.32 Å². The Balaban J connectivity index is 1.65. The van der Waals surface area contributed by atoms with E-state index in [1.54, 1.807) is 6.07 Å². The minimum absolute atomic E-state index is 0.129. The van der Waals surface area contributed by atoms with Crippen molar-refractivity contribution in [2.45, 2.75) is 44.7 Å². The van der Waals surface area contributed by atoms with E-state index in [9.17, 15) is 18.0 Å². The number of benzene rings is 1. The fourth-order valence-electron chi connectivity index (χ4n) is 3.66. The summed E-state index contributed by atoms with van der Waals surface area (Å²) in [6.45, 7) is 0. The summed E-state index contributed by atoms with van der Waals surface area (Å²) >= 11 is 0. The van der Waals surface area contributed by atoms with Crippen LogP contribution in [0.4, 0.5) is 19.0 Å². The topological polar surface area (TPSA) is 70.7 Å². The van der Waals surface area contributed by atoms with E-state index < -0.39 is 11.7 Å². The molecule has 3 rings (SSSR count). The number of hydrogen-bond acceptors (Lipinski definition) is 3. The first-order valence-electron chi connectivity index (χ1n) is 9.26. The first-order chi connectivity index (χ1) is 13.4. The minimum Gasteiger partial charge on any atom is -0.309 e. The van der Waals surface area contributed by atoms with Crippen LogP contribution in [0.5, 0.6) is 0 Å². The zero-order valence-electron chi connectivity index (χ0n) is 15.2. The Bertz CT molecular complexity index is 869. The van der Waals surface area contributed by atoms with Crippen LogP contribution in [0.15, 0.2) is 36.8 Å². The predicted octanol–water partition coefficient (Wildman–Crippen LogP) is 4.94. The summed E-state index contributed by atoms with van der Waals surface area (Å²) in [6, 6.07) is 7.07. The van der Waals surface area contributed by atoms with Crippen LogP contribution in [0.1, 0.15) is 44.1 Å². The predicted molar refractivity (Wildman–Crippen MR) is 97.5 cm³/mol. The van der Waals surface area contributed by atoms with Gasteiger partial charge >= 0.3 is 6.18 Å². The molecule has 0 bridgehead atoms. The minimum atomic E-state index is -4.42. The number of hydrogen-bond donors (Lipinski definition) is 1. The number of imidazole rings is 1. The zero-order valence-corrected chi connectivity index (χ0v) is 15.2. The van der Waals surface area contributed by atoms with Gasteiger partial charge in [0.15, 0.2) is 5.82 Å². The highest BCUT2D eigenvalue weighted by Gasteiger charge is 2.30. The van der Waals surface area contributed by atoms with Gasteiger partial charge in [-0.1, -0.05) is 18.9 Å². The molecule has 1 unspecified atom stereocenters. The molecule has 0 radical (unpaired) electrons. The highest BCUT2D eigenvalue weighted by Crippen LogP contribution is 2.33. The standard InChI is InChI=1S/C20H21F3N4O/c21-20(22,23)16-7-2-8-17(11-16)27-12-18(25-13-27)26-19(28)15-6-1-4-14(10-15)5-3-9-24/h2,7-8,11-15H,1,3-6,10H2,(H,26,28)/t14?,15-/m0/s1. The Morgan fingerprint density at radius 1 is 1.36 bits per heavy atom. The molecule has 1 amide bonds. The quantitative estimate of drug-likeness (QED) is 0.786. The lowest BCUT2D eigenvalue weighted by Gasteiger charge is -2.27. The molecule has 0 spiro atoms. The van der Waals surface area contributed by atoms with Gasteiger partial charge in [-0.25, -0.2) is 4.98 Å². The number of anilines is 1. The summed E-state index contributed by atoms with van der Waals surface area (Å²) in [5.41, 5.74) is -0.424. The Morgan fingerprint density at radius 2 is 2.18 bits per heavy atom. The summed E-state index contributed by atoms with van der Waals surface area (Å²) in [7, 11) is 0. The smallest absolute Gasteiger partial charge is 0.309 e. The van der Waals surface area contributed by atoms with Crippen LogP contribution in [-0.2, 0) is 11.0 Å². The molecule has 1 aliphatic carbocycles. The van der Waals surface area contributed by atoms with Crippen molar-refractivity contribution in [2.75, 3.05) is 5.32 Å². The van der Waals surface area contributed by atoms with Crippen molar-refractivity contribution >= 4 is 11.7 Å². The van der Waals surface area contributed by atoms with E-state index in [1.807, 2.05) is 0 Å². The molecule has 5 nitrogen and oxygen atoms in total. The van der Waals surface area contributed by atoms with E-state index in [0.29, 0.717) is 23.8 Å². The van der Waals surface area contributed by atoms with Crippen molar-refractivity contribution in [3.05, 3.63) is 42.4 Å². The number of carbonyl (C=O) groups excluding carboxylic acids is 1. The normalized spacial score (nSPS) is 19.8. The molecule has 2 aromatic rings. The molecular formula is C20H21F3N4O. The maximum absolute atomic E-state index is 12.9. The molecule has 28 heavy (non-hydrogen) atoms. The van der Waals surface area contributed by atoms with E-state index in [4.69, 9.17) is 5.26 Å². The SMILES string of the molecule is N#CCCC1CCC[C@H](C(=O)Nc2cn(-c3cccc(C(F)(F)F)c3)cn2)C1. The number of carbonyl (C=O) groups is 1. The number of nitrogens with one attached hydrogen (secondary N) is 1. The second-order valence-electron chi connectivity index (χ2n) is 7.13. The lowest BCUT2D eigenvalue weighted by Crippen LogP contribution is -2.28. The molecule has 8 heteroatoms. The second kappa shape index (κ2) is 8.46. The molecular weight excluding hydrogens is 369 g/mol. The van der Waals surface area contributed by atoms with Gasteiger partial charge in [0.25, 0.3) is 0 Å². The molecule has 1 aromatic heterocycles. The lowest BCUT2D eigenvalue weighted by atomic mass is 9.79. The molecule has 1 fully saturated rings. The van der Waals surface area contributed by atoms with Gasteiger partial charge < -0.3 is 9.88 Å².